The first-order chi connectivity index (χ1) is 14.7. The maximum Gasteiger partial charge on any atom is 0.226 e. The number of hydrogen-bond acceptors (Lipinski definition) is 7. The van der Waals surface area contributed by atoms with Crippen LogP contribution < -0.4 is 10.0 Å². The molecule has 0 atom stereocenters. The Balaban J connectivity index is 0.000000199. The molecule has 1 aliphatic heterocycles. The van der Waals surface area contributed by atoms with E-state index >= 15 is 0 Å². The van der Waals surface area contributed by atoms with Gasteiger partial charge in [-0.1, -0.05) is 38.1 Å². The van der Waals surface area contributed by atoms with Gasteiger partial charge in [0.05, 0.1) is 16.8 Å². The van der Waals surface area contributed by atoms with Gasteiger partial charge in [-0.15, -0.1) is 0 Å². The molecule has 3 aromatic rings. The molecule has 30 heavy (non-hydrogen) atoms. The van der Waals surface area contributed by atoms with Crippen molar-refractivity contribution in [3.63, 3.8) is 0 Å². The number of fused-ring (bicyclic) bond motifs is 1. The molecule has 0 saturated carbocycles. The van der Waals surface area contributed by atoms with Crippen molar-refractivity contribution in [3.05, 3.63) is 66.1 Å². The van der Waals surface area contributed by atoms with E-state index < -0.39 is 0 Å². The SMILES string of the molecule is CC.CNCCc1ccccc1-c1ncco1.Cc1ccc2c(c1)SNC(C=O)=N2. The molecule has 0 bridgehead atoms. The van der Waals surface area contributed by atoms with Crippen molar-refractivity contribution in [2.45, 2.75) is 32.1 Å². The number of aldehydes is 1. The van der Waals surface area contributed by atoms with Crippen LogP contribution in [-0.2, 0) is 11.2 Å². The van der Waals surface area contributed by atoms with Crippen LogP contribution in [0.25, 0.3) is 11.5 Å². The number of hydrogen-bond donors (Lipinski definition) is 2. The Bertz CT molecular complexity index is 956. The van der Waals surface area contributed by atoms with Crippen LogP contribution in [0, 0.1) is 6.92 Å². The number of carbonyl (C=O) groups is 1. The van der Waals surface area contributed by atoms with Crippen LogP contribution in [-0.4, -0.2) is 30.7 Å². The molecule has 158 valence electrons. The summed E-state index contributed by atoms with van der Waals surface area (Å²) >= 11 is 1.42. The summed E-state index contributed by atoms with van der Waals surface area (Å²) < 4.78 is 8.16. The number of rotatable bonds is 5. The average molecular weight is 425 g/mol. The predicted molar refractivity (Wildman–Crippen MR) is 124 cm³/mol. The third kappa shape index (κ3) is 6.57. The van der Waals surface area contributed by atoms with E-state index in [4.69, 9.17) is 4.42 Å². The largest absolute Gasteiger partial charge is 0.445 e. The fourth-order valence-electron chi connectivity index (χ4n) is 2.67. The average Bonchev–Trinajstić information content (AvgIpc) is 3.34. The molecular weight excluding hydrogens is 396 g/mol. The fourth-order valence-corrected chi connectivity index (χ4v) is 3.44. The molecular formula is C23H28N4O2S. The van der Waals surface area contributed by atoms with Crippen molar-refractivity contribution in [1.29, 1.82) is 0 Å². The number of aliphatic imine (C=N–C) groups is 1. The minimum absolute atomic E-state index is 0.376. The van der Waals surface area contributed by atoms with E-state index in [2.05, 4.69) is 26.1 Å². The Hall–Kier alpha value is -2.90. The molecule has 2 N–H and O–H groups in total. The molecule has 2 aromatic carbocycles. The predicted octanol–water partition coefficient (Wildman–Crippen LogP) is 4.96. The quantitative estimate of drug-likeness (QED) is 0.445. The van der Waals surface area contributed by atoms with Crippen LogP contribution in [0.15, 0.2) is 69.2 Å². The standard InChI is InChI=1S/C12H14N2O.C9H8N2OS.C2H6/c1-13-7-6-10-4-2-3-5-11(10)12-14-8-9-15-12;1-6-2-3-7-8(4-6)13-11-9(5-12)10-7;1-2/h2-5,8-9,13H,6-7H2,1H3;2-5H,1H3,(H,10,11);1-2H3. The van der Waals surface area contributed by atoms with Crippen LogP contribution in [0.1, 0.15) is 25.0 Å². The van der Waals surface area contributed by atoms with E-state index in [1.807, 2.05) is 64.2 Å². The van der Waals surface area contributed by atoms with Gasteiger partial charge < -0.3 is 14.5 Å². The maximum absolute atomic E-state index is 10.4. The van der Waals surface area contributed by atoms with Gasteiger partial charge in [0.2, 0.25) is 5.89 Å². The number of nitrogens with one attached hydrogen (secondary N) is 2. The van der Waals surface area contributed by atoms with Crippen molar-refractivity contribution in [2.75, 3.05) is 13.6 Å². The summed E-state index contributed by atoms with van der Waals surface area (Å²) in [6.45, 7) is 6.98. The van der Waals surface area contributed by atoms with Gasteiger partial charge in [-0.05, 0) is 68.2 Å². The Morgan fingerprint density at radius 3 is 2.70 bits per heavy atom. The summed E-state index contributed by atoms with van der Waals surface area (Å²) in [5, 5.41) is 3.14. The second kappa shape index (κ2) is 12.6. The lowest BCUT2D eigenvalue weighted by atomic mass is 10.0. The Labute approximate surface area is 182 Å². The Kier molecular flexibility index (Phi) is 9.83. The Morgan fingerprint density at radius 2 is 2.00 bits per heavy atom. The van der Waals surface area contributed by atoms with Gasteiger partial charge in [0.15, 0.2) is 12.1 Å². The van der Waals surface area contributed by atoms with E-state index in [0.29, 0.717) is 11.7 Å². The third-order valence-electron chi connectivity index (χ3n) is 4.06. The first-order valence-corrected chi connectivity index (χ1v) is 10.7. The maximum atomic E-state index is 10.4. The summed E-state index contributed by atoms with van der Waals surface area (Å²) in [5.74, 6) is 1.07. The van der Waals surface area contributed by atoms with Crippen LogP contribution >= 0.6 is 11.9 Å². The summed E-state index contributed by atoms with van der Waals surface area (Å²) in [7, 11) is 1.95. The highest BCUT2D eigenvalue weighted by atomic mass is 32.2. The second-order valence-electron chi connectivity index (χ2n) is 6.14. The molecule has 2 heterocycles. The number of aryl methyl sites for hydroxylation is 1. The number of amidine groups is 1. The van der Waals surface area contributed by atoms with Crippen LogP contribution in [0.4, 0.5) is 5.69 Å². The van der Waals surface area contributed by atoms with Crippen LogP contribution in [0.2, 0.25) is 0 Å². The van der Waals surface area contributed by atoms with Crippen molar-refractivity contribution in [3.8, 4) is 11.5 Å². The number of nitrogens with zero attached hydrogens (tertiary/aromatic N) is 2. The number of aromatic nitrogens is 1. The summed E-state index contributed by atoms with van der Waals surface area (Å²) in [5.41, 5.74) is 4.39. The summed E-state index contributed by atoms with van der Waals surface area (Å²) in [4.78, 5) is 19.8. The minimum Gasteiger partial charge on any atom is -0.445 e. The molecule has 4 rings (SSSR count). The smallest absolute Gasteiger partial charge is 0.226 e. The normalized spacial score (nSPS) is 11.5. The fraction of sp³-hybridized carbons (Fsp3) is 0.261. The zero-order chi connectivity index (χ0) is 21.8. The molecule has 0 spiro atoms. The number of carbonyl (C=O) groups excluding carboxylic acids is 1. The van der Waals surface area contributed by atoms with Gasteiger partial charge in [-0.3, -0.25) is 4.79 Å². The van der Waals surface area contributed by atoms with Gasteiger partial charge in [0, 0.05) is 5.56 Å². The molecule has 0 saturated heterocycles. The highest BCUT2D eigenvalue weighted by molar-refractivity contribution is 7.98. The minimum atomic E-state index is 0.376. The van der Waals surface area contributed by atoms with Gasteiger partial charge in [-0.25, -0.2) is 9.98 Å². The van der Waals surface area contributed by atoms with Crippen molar-refractivity contribution < 1.29 is 9.21 Å². The molecule has 0 unspecified atom stereocenters. The molecule has 0 amide bonds. The van der Waals surface area contributed by atoms with Gasteiger partial charge in [-0.2, -0.15) is 0 Å². The second-order valence-corrected chi connectivity index (χ2v) is 6.99. The number of benzene rings is 2. The summed E-state index contributed by atoms with van der Waals surface area (Å²) in [6.07, 6.45) is 4.97. The molecule has 1 aliphatic rings. The number of oxazole rings is 1. The summed E-state index contributed by atoms with van der Waals surface area (Å²) in [6, 6.07) is 14.1. The lowest BCUT2D eigenvalue weighted by Crippen LogP contribution is -2.19. The Morgan fingerprint density at radius 1 is 1.20 bits per heavy atom. The highest BCUT2D eigenvalue weighted by Crippen LogP contribution is 2.31. The topological polar surface area (TPSA) is 79.5 Å². The van der Waals surface area contributed by atoms with Crippen LogP contribution in [0.3, 0.4) is 0 Å². The number of likely N-dealkylation sites (N-methyl/N-ethyl adjacent to an activating group) is 1. The molecule has 1 aromatic heterocycles. The monoisotopic (exact) mass is 424 g/mol. The lowest BCUT2D eigenvalue weighted by molar-refractivity contribution is -0.102. The zero-order valence-corrected chi connectivity index (χ0v) is 18.6. The highest BCUT2D eigenvalue weighted by Gasteiger charge is 2.10. The van der Waals surface area contributed by atoms with E-state index in [1.165, 1.54) is 23.1 Å². The van der Waals surface area contributed by atoms with E-state index in [0.717, 1.165) is 35.4 Å². The van der Waals surface area contributed by atoms with E-state index in [1.54, 1.807) is 12.5 Å². The first kappa shape index (κ1) is 23.4. The molecule has 0 aliphatic carbocycles. The van der Waals surface area contributed by atoms with Crippen LogP contribution in [0.5, 0.6) is 0 Å². The van der Waals surface area contributed by atoms with Gasteiger partial charge in [0.25, 0.3) is 0 Å². The van der Waals surface area contributed by atoms with Gasteiger partial charge >= 0.3 is 0 Å². The third-order valence-corrected chi connectivity index (χ3v) is 4.92. The first-order valence-electron chi connectivity index (χ1n) is 9.91. The molecule has 0 fully saturated rings. The van der Waals surface area contributed by atoms with Crippen molar-refractivity contribution in [2.24, 2.45) is 4.99 Å². The van der Waals surface area contributed by atoms with Gasteiger partial charge in [0.1, 0.15) is 6.26 Å². The lowest BCUT2D eigenvalue weighted by Gasteiger charge is -2.13. The molecule has 7 heteroatoms. The van der Waals surface area contributed by atoms with E-state index in [-0.39, 0.29) is 0 Å². The van der Waals surface area contributed by atoms with Crippen molar-refractivity contribution in [1.82, 2.24) is 15.0 Å². The molecule has 6 nitrogen and oxygen atoms in total. The molecule has 0 radical (unpaired) electrons. The zero-order valence-electron chi connectivity index (χ0n) is 17.8. The van der Waals surface area contributed by atoms with E-state index in [9.17, 15) is 4.79 Å². The van der Waals surface area contributed by atoms with Crippen molar-refractivity contribution >= 4 is 29.8 Å².